The molecule has 6 aromatic rings. The molecule has 0 atom stereocenters. The van der Waals surface area contributed by atoms with Crippen molar-refractivity contribution in [3.05, 3.63) is 102 Å². The lowest BCUT2D eigenvalue weighted by atomic mass is 9.71. The molecule has 0 unspecified atom stereocenters. The summed E-state index contributed by atoms with van der Waals surface area (Å²) in [6.45, 7) is 6.83. The molecule has 2 heteroatoms. The van der Waals surface area contributed by atoms with E-state index in [4.69, 9.17) is 4.42 Å². The van der Waals surface area contributed by atoms with E-state index < -0.39 is 5.89 Å². The molecule has 0 bridgehead atoms. The highest BCUT2D eigenvalue weighted by Crippen LogP contribution is 2.43. The first-order valence-corrected chi connectivity index (χ1v) is 14.2. The average molecular weight is 512 g/mol. The standard InChI is InChI=1S/C37H36NO/c1-24-9-15-32-31-16-14-28-7-5-6-8-30(28)35(31)39-36(32)34(24)33-23-29(19-22-38(33)4)26-12-10-25(11-13-26)27-17-20-37(2,3)21-18-27/h5-16,19,22-23,27H,17-18,20-21H2,1-4H3/q+1/i27D. The molecule has 194 valence electrons. The quantitative estimate of drug-likeness (QED) is 0.216. The molecule has 2 heterocycles. The number of hydrogen-bond donors (Lipinski definition) is 0. The van der Waals surface area contributed by atoms with Crippen LogP contribution in [0.3, 0.4) is 0 Å². The van der Waals surface area contributed by atoms with E-state index >= 15 is 0 Å². The number of benzene rings is 4. The SMILES string of the molecule is [2H]C1(c2ccc(-c3cc[n+](C)c(-c4c(C)ccc5c4oc4c6ccccc6ccc54)c3)cc2)CCC(C)(C)CC1. The van der Waals surface area contributed by atoms with Gasteiger partial charge >= 0.3 is 0 Å². The fourth-order valence-corrected chi connectivity index (χ4v) is 6.40. The summed E-state index contributed by atoms with van der Waals surface area (Å²) in [4.78, 5) is 0. The Bertz CT molecular complexity index is 1900. The Labute approximate surface area is 232 Å². The van der Waals surface area contributed by atoms with Crippen LogP contribution in [0.4, 0.5) is 0 Å². The van der Waals surface area contributed by atoms with Gasteiger partial charge in [0.25, 0.3) is 0 Å². The Balaban J connectivity index is 1.32. The molecule has 0 amide bonds. The van der Waals surface area contributed by atoms with Crippen molar-refractivity contribution in [2.45, 2.75) is 52.3 Å². The smallest absolute Gasteiger partial charge is 0.216 e. The summed E-state index contributed by atoms with van der Waals surface area (Å²) in [7, 11) is 2.10. The van der Waals surface area contributed by atoms with Crippen LogP contribution >= 0.6 is 0 Å². The third-order valence-electron chi connectivity index (χ3n) is 8.98. The molecule has 1 fully saturated rings. The van der Waals surface area contributed by atoms with Crippen LogP contribution in [-0.2, 0) is 7.05 Å². The van der Waals surface area contributed by atoms with Crippen molar-refractivity contribution in [3.63, 3.8) is 0 Å². The number of hydrogen-bond acceptors (Lipinski definition) is 1. The third kappa shape index (κ3) is 4.14. The van der Waals surface area contributed by atoms with Crippen molar-refractivity contribution in [1.82, 2.24) is 0 Å². The van der Waals surface area contributed by atoms with Gasteiger partial charge in [0, 0.05) is 29.7 Å². The van der Waals surface area contributed by atoms with Gasteiger partial charge in [-0.1, -0.05) is 80.6 Å². The summed E-state index contributed by atoms with van der Waals surface area (Å²) in [6.07, 6.45) is 6.23. The van der Waals surface area contributed by atoms with Gasteiger partial charge in [-0.2, -0.15) is 0 Å². The molecule has 4 aromatic carbocycles. The van der Waals surface area contributed by atoms with E-state index in [0.717, 1.165) is 69.8 Å². The summed E-state index contributed by atoms with van der Waals surface area (Å²) in [6, 6.07) is 30.4. The summed E-state index contributed by atoms with van der Waals surface area (Å²) in [5.41, 5.74) is 9.17. The van der Waals surface area contributed by atoms with Gasteiger partial charge in [0.05, 0.1) is 5.56 Å². The minimum absolute atomic E-state index is 0.356. The summed E-state index contributed by atoms with van der Waals surface area (Å²) in [5, 5.41) is 4.63. The summed E-state index contributed by atoms with van der Waals surface area (Å²) in [5.74, 6) is -0.472. The molecular formula is C37H36NO+. The monoisotopic (exact) mass is 511 g/mol. The van der Waals surface area contributed by atoms with Gasteiger partial charge < -0.3 is 4.42 Å². The van der Waals surface area contributed by atoms with E-state index in [9.17, 15) is 1.37 Å². The van der Waals surface area contributed by atoms with Gasteiger partial charge in [-0.15, -0.1) is 0 Å². The van der Waals surface area contributed by atoms with E-state index in [1.54, 1.807) is 0 Å². The van der Waals surface area contributed by atoms with Gasteiger partial charge in [0.1, 0.15) is 18.2 Å². The van der Waals surface area contributed by atoms with Crippen molar-refractivity contribution < 1.29 is 10.4 Å². The van der Waals surface area contributed by atoms with Crippen molar-refractivity contribution in [1.29, 1.82) is 0 Å². The van der Waals surface area contributed by atoms with Crippen molar-refractivity contribution >= 4 is 32.7 Å². The minimum Gasteiger partial charge on any atom is -0.454 e. The molecule has 0 aliphatic heterocycles. The van der Waals surface area contributed by atoms with E-state index in [-0.39, 0.29) is 0 Å². The molecule has 0 spiro atoms. The van der Waals surface area contributed by atoms with Crippen molar-refractivity contribution in [3.8, 4) is 22.4 Å². The number of nitrogens with zero attached hydrogens (tertiary/aromatic N) is 1. The van der Waals surface area contributed by atoms with Gasteiger partial charge in [-0.25, -0.2) is 4.57 Å². The van der Waals surface area contributed by atoms with Crippen LogP contribution in [-0.4, -0.2) is 0 Å². The van der Waals surface area contributed by atoms with Crippen LogP contribution in [0.1, 0.15) is 57.9 Å². The van der Waals surface area contributed by atoms with E-state index in [0.29, 0.717) is 5.41 Å². The first-order chi connectivity index (χ1) is 19.2. The molecule has 0 saturated heterocycles. The zero-order valence-electron chi connectivity index (χ0n) is 24.3. The van der Waals surface area contributed by atoms with Crippen LogP contribution in [0.5, 0.6) is 0 Å². The van der Waals surface area contributed by atoms with Crippen LogP contribution in [0.15, 0.2) is 95.5 Å². The molecule has 1 aliphatic rings. The highest BCUT2D eigenvalue weighted by Gasteiger charge is 2.27. The molecular weight excluding hydrogens is 474 g/mol. The van der Waals surface area contributed by atoms with Crippen LogP contribution in [0.2, 0.25) is 0 Å². The lowest BCUT2D eigenvalue weighted by Gasteiger charge is -2.34. The number of pyridine rings is 1. The van der Waals surface area contributed by atoms with Gasteiger partial charge in [0.2, 0.25) is 5.69 Å². The van der Waals surface area contributed by atoms with Crippen molar-refractivity contribution in [2.75, 3.05) is 0 Å². The second-order valence-corrected chi connectivity index (χ2v) is 12.2. The lowest BCUT2D eigenvalue weighted by molar-refractivity contribution is -0.660. The molecule has 2 nitrogen and oxygen atoms in total. The fourth-order valence-electron chi connectivity index (χ4n) is 6.40. The maximum absolute atomic E-state index is 9.17. The first-order valence-electron chi connectivity index (χ1n) is 14.7. The maximum atomic E-state index is 9.17. The van der Waals surface area contributed by atoms with Crippen LogP contribution in [0, 0.1) is 12.3 Å². The highest BCUT2D eigenvalue weighted by atomic mass is 16.3. The predicted molar refractivity (Wildman–Crippen MR) is 163 cm³/mol. The number of rotatable bonds is 3. The number of furan rings is 1. The summed E-state index contributed by atoms with van der Waals surface area (Å²) < 4.78 is 18.1. The zero-order chi connectivity index (χ0) is 27.6. The summed E-state index contributed by atoms with van der Waals surface area (Å²) >= 11 is 0. The fraction of sp³-hybridized carbons (Fsp3) is 0.270. The first kappa shape index (κ1) is 23.0. The van der Waals surface area contributed by atoms with Gasteiger partial charge in [-0.05, 0) is 77.6 Å². The maximum Gasteiger partial charge on any atom is 0.216 e. The number of aromatic nitrogens is 1. The van der Waals surface area contributed by atoms with Gasteiger partial charge in [0.15, 0.2) is 6.20 Å². The molecule has 0 N–H and O–H groups in total. The second kappa shape index (κ2) is 9.09. The van der Waals surface area contributed by atoms with E-state index in [2.05, 4.69) is 124 Å². The topological polar surface area (TPSA) is 17.0 Å². The Morgan fingerprint density at radius 2 is 1.51 bits per heavy atom. The van der Waals surface area contributed by atoms with E-state index in [1.165, 1.54) is 22.1 Å². The Morgan fingerprint density at radius 1 is 0.795 bits per heavy atom. The Kier molecular flexibility index (Phi) is 5.36. The highest BCUT2D eigenvalue weighted by molar-refractivity contribution is 6.17. The molecule has 1 saturated carbocycles. The zero-order valence-corrected chi connectivity index (χ0v) is 23.3. The minimum atomic E-state index is -0.472. The number of aryl methyl sites for hydroxylation is 2. The molecule has 39 heavy (non-hydrogen) atoms. The van der Waals surface area contributed by atoms with Crippen LogP contribution in [0.25, 0.3) is 55.1 Å². The lowest BCUT2D eigenvalue weighted by Crippen LogP contribution is -2.30. The molecule has 0 radical (unpaired) electrons. The third-order valence-corrected chi connectivity index (χ3v) is 8.98. The Hall–Kier alpha value is -3.91. The molecule has 2 aromatic heterocycles. The van der Waals surface area contributed by atoms with Crippen LogP contribution < -0.4 is 4.57 Å². The van der Waals surface area contributed by atoms with Gasteiger partial charge in [-0.3, -0.25) is 0 Å². The normalized spacial score (nSPS) is 17.1. The number of fused-ring (bicyclic) bond motifs is 5. The molecule has 7 rings (SSSR count). The average Bonchev–Trinajstić information content (AvgIpc) is 3.35. The largest absolute Gasteiger partial charge is 0.454 e. The second-order valence-electron chi connectivity index (χ2n) is 12.2. The molecule has 1 aliphatic carbocycles. The van der Waals surface area contributed by atoms with Crippen molar-refractivity contribution in [2.24, 2.45) is 12.5 Å². The Morgan fingerprint density at radius 3 is 2.31 bits per heavy atom. The van der Waals surface area contributed by atoms with E-state index in [1.807, 2.05) is 0 Å². The predicted octanol–water partition coefficient (Wildman–Crippen LogP) is 9.89.